The van der Waals surface area contributed by atoms with E-state index in [1.807, 2.05) is 0 Å². The summed E-state index contributed by atoms with van der Waals surface area (Å²) < 4.78 is 11.9. The Morgan fingerprint density at radius 1 is 1.07 bits per heavy atom. The third kappa shape index (κ3) is 2.94. The van der Waals surface area contributed by atoms with Gasteiger partial charge in [0.2, 0.25) is 0 Å². The first-order valence-electron chi connectivity index (χ1n) is 6.28. The Morgan fingerprint density at radius 3 is 2.13 bits per heavy atom. The van der Waals surface area contributed by atoms with Gasteiger partial charge in [0.05, 0.1) is 12.2 Å². The number of hydrogen-bond acceptors (Lipinski definition) is 2. The molecule has 0 aromatic carbocycles. The van der Waals surface area contributed by atoms with Crippen molar-refractivity contribution in [1.29, 1.82) is 0 Å². The van der Waals surface area contributed by atoms with Gasteiger partial charge < -0.3 is 9.47 Å². The topological polar surface area (TPSA) is 18.5 Å². The molecule has 5 atom stereocenters. The normalized spacial score (nSPS) is 42.2. The molecule has 0 aromatic rings. The van der Waals surface area contributed by atoms with Crippen LogP contribution in [0.25, 0.3) is 0 Å². The molecule has 1 aliphatic rings. The first-order valence-corrected chi connectivity index (χ1v) is 6.28. The summed E-state index contributed by atoms with van der Waals surface area (Å²) in [4.78, 5) is 0. The maximum absolute atomic E-state index is 6.02. The van der Waals surface area contributed by atoms with Crippen LogP contribution in [0.5, 0.6) is 0 Å². The predicted octanol–water partition coefficient (Wildman–Crippen LogP) is 3.45. The minimum absolute atomic E-state index is 0.0128. The minimum atomic E-state index is -0.0128. The van der Waals surface area contributed by atoms with Crippen LogP contribution in [-0.2, 0) is 9.47 Å². The Kier molecular flexibility index (Phi) is 4.60. The molecule has 0 radical (unpaired) electrons. The highest BCUT2D eigenvalue weighted by molar-refractivity contribution is 4.82. The van der Waals surface area contributed by atoms with Gasteiger partial charge in [-0.1, -0.05) is 27.7 Å². The van der Waals surface area contributed by atoms with E-state index >= 15 is 0 Å². The zero-order valence-corrected chi connectivity index (χ0v) is 11.0. The minimum Gasteiger partial charge on any atom is -0.350 e. The molecule has 0 aliphatic carbocycles. The predicted molar refractivity (Wildman–Crippen MR) is 62.7 cm³/mol. The molecule has 1 aliphatic heterocycles. The summed E-state index contributed by atoms with van der Waals surface area (Å²) >= 11 is 0. The van der Waals surface area contributed by atoms with Gasteiger partial charge in [-0.05, 0) is 32.1 Å². The molecule has 0 spiro atoms. The largest absolute Gasteiger partial charge is 0.350 e. The van der Waals surface area contributed by atoms with E-state index in [9.17, 15) is 0 Å². The summed E-state index contributed by atoms with van der Waals surface area (Å²) in [5.41, 5.74) is 0. The van der Waals surface area contributed by atoms with E-state index in [0.29, 0.717) is 23.9 Å². The lowest BCUT2D eigenvalue weighted by Gasteiger charge is -2.43. The van der Waals surface area contributed by atoms with Crippen molar-refractivity contribution in [3.63, 3.8) is 0 Å². The molecule has 1 heterocycles. The lowest BCUT2D eigenvalue weighted by atomic mass is 9.78. The molecule has 1 fully saturated rings. The molecule has 1 rings (SSSR count). The van der Waals surface area contributed by atoms with Crippen molar-refractivity contribution in [2.24, 2.45) is 17.8 Å². The van der Waals surface area contributed by atoms with E-state index in [-0.39, 0.29) is 12.4 Å². The lowest BCUT2D eigenvalue weighted by Crippen LogP contribution is -2.46. The van der Waals surface area contributed by atoms with Crippen molar-refractivity contribution >= 4 is 0 Å². The van der Waals surface area contributed by atoms with Crippen molar-refractivity contribution < 1.29 is 9.47 Å². The van der Waals surface area contributed by atoms with Gasteiger partial charge in [0.15, 0.2) is 6.29 Å². The number of hydrogen-bond donors (Lipinski definition) is 0. The van der Waals surface area contributed by atoms with Crippen LogP contribution < -0.4 is 0 Å². The Bertz CT molecular complexity index is 189. The van der Waals surface area contributed by atoms with Crippen LogP contribution in [0.15, 0.2) is 0 Å². The maximum Gasteiger partial charge on any atom is 0.161 e. The van der Waals surface area contributed by atoms with E-state index in [2.05, 4.69) is 41.5 Å². The molecule has 0 N–H and O–H groups in total. The molecule has 0 saturated carbocycles. The van der Waals surface area contributed by atoms with Crippen LogP contribution in [0.1, 0.15) is 48.0 Å². The summed E-state index contributed by atoms with van der Waals surface area (Å²) in [5.74, 6) is 1.80. The van der Waals surface area contributed by atoms with Crippen molar-refractivity contribution in [2.75, 3.05) is 0 Å². The zero-order chi connectivity index (χ0) is 11.6. The Balaban J connectivity index is 2.65. The molecule has 90 valence electrons. The van der Waals surface area contributed by atoms with Gasteiger partial charge in [-0.25, -0.2) is 0 Å². The SMILES string of the molecule is CCC1O[C@H](OC(C)C)[C@H](C)C(C)[C@H]1C. The van der Waals surface area contributed by atoms with Crippen LogP contribution in [-0.4, -0.2) is 18.5 Å². The Labute approximate surface area is 94.3 Å². The van der Waals surface area contributed by atoms with Gasteiger partial charge in [-0.15, -0.1) is 0 Å². The fraction of sp³-hybridized carbons (Fsp3) is 1.00. The van der Waals surface area contributed by atoms with Crippen molar-refractivity contribution in [3.05, 3.63) is 0 Å². The van der Waals surface area contributed by atoms with Gasteiger partial charge >= 0.3 is 0 Å². The third-order valence-electron chi connectivity index (χ3n) is 3.79. The van der Waals surface area contributed by atoms with Crippen LogP contribution in [0, 0.1) is 17.8 Å². The van der Waals surface area contributed by atoms with Gasteiger partial charge in [-0.2, -0.15) is 0 Å². The van der Waals surface area contributed by atoms with Crippen LogP contribution in [0.2, 0.25) is 0 Å². The van der Waals surface area contributed by atoms with E-state index in [4.69, 9.17) is 9.47 Å². The Morgan fingerprint density at radius 2 is 1.67 bits per heavy atom. The maximum atomic E-state index is 6.02. The van der Waals surface area contributed by atoms with Crippen LogP contribution in [0.3, 0.4) is 0 Å². The second-order valence-corrected chi connectivity index (χ2v) is 5.21. The summed E-state index contributed by atoms with van der Waals surface area (Å²) in [6.07, 6.45) is 1.67. The van der Waals surface area contributed by atoms with Gasteiger partial charge in [0.25, 0.3) is 0 Å². The number of ether oxygens (including phenoxy) is 2. The average molecular weight is 214 g/mol. The molecular weight excluding hydrogens is 188 g/mol. The van der Waals surface area contributed by atoms with Crippen LogP contribution >= 0.6 is 0 Å². The number of rotatable bonds is 3. The zero-order valence-electron chi connectivity index (χ0n) is 11.0. The van der Waals surface area contributed by atoms with Crippen LogP contribution in [0.4, 0.5) is 0 Å². The highest BCUT2D eigenvalue weighted by atomic mass is 16.7. The van der Waals surface area contributed by atoms with Gasteiger partial charge in [0.1, 0.15) is 0 Å². The monoisotopic (exact) mass is 214 g/mol. The molecule has 2 unspecified atom stereocenters. The highest BCUT2D eigenvalue weighted by Gasteiger charge is 2.38. The molecule has 15 heavy (non-hydrogen) atoms. The molecule has 2 nitrogen and oxygen atoms in total. The summed E-state index contributed by atoms with van der Waals surface area (Å²) in [5, 5.41) is 0. The fourth-order valence-corrected chi connectivity index (χ4v) is 2.38. The van der Waals surface area contributed by atoms with Crippen molar-refractivity contribution in [1.82, 2.24) is 0 Å². The smallest absolute Gasteiger partial charge is 0.161 e. The first kappa shape index (κ1) is 13.0. The van der Waals surface area contributed by atoms with E-state index < -0.39 is 0 Å². The van der Waals surface area contributed by atoms with Crippen molar-refractivity contribution in [3.8, 4) is 0 Å². The standard InChI is InChI=1S/C13H26O2/c1-7-12-10(5)9(4)11(6)13(15-12)14-8(2)3/h8-13H,7H2,1-6H3/t9?,10-,11-,12?,13+/m1/s1. The third-order valence-corrected chi connectivity index (χ3v) is 3.79. The van der Waals surface area contributed by atoms with Gasteiger partial charge in [0, 0.05) is 5.92 Å². The summed E-state index contributed by atoms with van der Waals surface area (Å²) in [7, 11) is 0. The van der Waals surface area contributed by atoms with Crippen molar-refractivity contribution in [2.45, 2.75) is 66.5 Å². The second-order valence-electron chi connectivity index (χ2n) is 5.21. The fourth-order valence-electron chi connectivity index (χ4n) is 2.38. The second kappa shape index (κ2) is 5.31. The lowest BCUT2D eigenvalue weighted by molar-refractivity contribution is -0.259. The molecule has 0 aromatic heterocycles. The quantitative estimate of drug-likeness (QED) is 0.716. The molecule has 0 bridgehead atoms. The van der Waals surface area contributed by atoms with E-state index in [1.54, 1.807) is 0 Å². The first-order chi connectivity index (χ1) is 6.97. The average Bonchev–Trinajstić information content (AvgIpc) is 2.18. The molecule has 1 saturated heterocycles. The summed E-state index contributed by atoms with van der Waals surface area (Å²) in [6.45, 7) is 13.2. The Hall–Kier alpha value is -0.0800. The van der Waals surface area contributed by atoms with Gasteiger partial charge in [-0.3, -0.25) is 0 Å². The van der Waals surface area contributed by atoms with E-state index in [0.717, 1.165) is 6.42 Å². The molecule has 0 amide bonds. The van der Waals surface area contributed by atoms with E-state index in [1.165, 1.54) is 0 Å². The molecular formula is C13H26O2. The summed E-state index contributed by atoms with van der Waals surface area (Å²) in [6, 6.07) is 0. The highest BCUT2D eigenvalue weighted by Crippen LogP contribution is 2.36. The molecule has 2 heteroatoms.